The maximum absolute atomic E-state index is 14.6. The minimum Gasteiger partial charge on any atom is -0.321 e. The smallest absolute Gasteiger partial charge is 0.259 e. The zero-order valence-corrected chi connectivity index (χ0v) is 17.1. The number of aromatic nitrogens is 4. The third-order valence-corrected chi connectivity index (χ3v) is 5.46. The Labute approximate surface area is 169 Å². The summed E-state index contributed by atoms with van der Waals surface area (Å²) in [5, 5.41) is 8.09. The monoisotopic (exact) mass is 393 g/mol. The number of hydrogen-bond acceptors (Lipinski definition) is 4. The molecule has 0 unspecified atom stereocenters. The Hall–Kier alpha value is -3.09. The fourth-order valence-corrected chi connectivity index (χ4v) is 3.83. The molecule has 0 radical (unpaired) electrons. The van der Waals surface area contributed by atoms with Crippen molar-refractivity contribution in [2.45, 2.75) is 45.3 Å². The molecule has 0 bridgehead atoms. The van der Waals surface area contributed by atoms with Crippen LogP contribution in [0.5, 0.6) is 0 Å². The van der Waals surface area contributed by atoms with Gasteiger partial charge in [-0.15, -0.1) is 10.2 Å². The Bertz CT molecular complexity index is 1070. The lowest BCUT2D eigenvalue weighted by atomic mass is 9.96. The first-order valence-corrected chi connectivity index (χ1v) is 9.67. The summed E-state index contributed by atoms with van der Waals surface area (Å²) < 4.78 is 16.5. The fraction of sp³-hybridized carbons (Fsp3) is 0.364. The van der Waals surface area contributed by atoms with Crippen LogP contribution in [0.2, 0.25) is 0 Å². The number of hydrogen-bond donors (Lipinski definition) is 0. The van der Waals surface area contributed by atoms with Gasteiger partial charge in [0, 0.05) is 36.5 Å². The van der Waals surface area contributed by atoms with E-state index >= 15 is 0 Å². The first-order chi connectivity index (χ1) is 13.8. The van der Waals surface area contributed by atoms with E-state index in [1.807, 2.05) is 29.8 Å². The summed E-state index contributed by atoms with van der Waals surface area (Å²) in [6.45, 7) is 5.39. The van der Waals surface area contributed by atoms with Crippen molar-refractivity contribution >= 4 is 11.6 Å². The lowest BCUT2D eigenvalue weighted by molar-refractivity contribution is 0.0996. The van der Waals surface area contributed by atoms with Crippen LogP contribution in [0.4, 0.5) is 10.1 Å². The van der Waals surface area contributed by atoms with Crippen molar-refractivity contribution < 1.29 is 9.18 Å². The molecule has 2 aromatic heterocycles. The molecule has 1 aliphatic rings. The second-order valence-electron chi connectivity index (χ2n) is 8.11. The molecule has 0 spiro atoms. The van der Waals surface area contributed by atoms with Crippen molar-refractivity contribution in [1.82, 2.24) is 19.7 Å². The molecule has 0 saturated carbocycles. The molecule has 1 amide bonds. The Balaban J connectivity index is 1.62. The summed E-state index contributed by atoms with van der Waals surface area (Å²) in [4.78, 5) is 18.9. The van der Waals surface area contributed by atoms with E-state index < -0.39 is 5.67 Å². The van der Waals surface area contributed by atoms with Gasteiger partial charge in [-0.05, 0) is 43.5 Å². The molecule has 6 nitrogen and oxygen atoms in total. The average molecular weight is 393 g/mol. The van der Waals surface area contributed by atoms with E-state index in [9.17, 15) is 9.18 Å². The van der Waals surface area contributed by atoms with Gasteiger partial charge in [0.1, 0.15) is 17.8 Å². The average Bonchev–Trinajstić information content (AvgIpc) is 3.24. The van der Waals surface area contributed by atoms with E-state index in [4.69, 9.17) is 0 Å². The highest BCUT2D eigenvalue weighted by molar-refractivity contribution is 6.10. The highest BCUT2D eigenvalue weighted by Crippen LogP contribution is 2.36. The first-order valence-electron chi connectivity index (χ1n) is 9.67. The zero-order chi connectivity index (χ0) is 20.8. The van der Waals surface area contributed by atoms with Crippen LogP contribution in [0.15, 0.2) is 42.9 Å². The van der Waals surface area contributed by atoms with Crippen LogP contribution in [0.1, 0.15) is 59.7 Å². The molecule has 0 saturated heterocycles. The standard InChI is InChI=1S/C22H24FN5O/c1-14(10-19-26-25-13-27(19)4)15-6-5-7-16(11-15)28-12-18-17(21(28)29)8-9-24-20(18)22(2,3)23/h5-9,11,13-14H,10,12H2,1-4H3/t14-/m1/s1. The van der Waals surface area contributed by atoms with E-state index in [1.54, 1.807) is 17.3 Å². The van der Waals surface area contributed by atoms with E-state index in [1.165, 1.54) is 20.0 Å². The van der Waals surface area contributed by atoms with Gasteiger partial charge in [-0.2, -0.15) is 0 Å². The number of pyridine rings is 1. The number of aryl methyl sites for hydroxylation is 1. The van der Waals surface area contributed by atoms with Gasteiger partial charge < -0.3 is 9.47 Å². The number of benzene rings is 1. The fourth-order valence-electron chi connectivity index (χ4n) is 3.83. The maximum atomic E-state index is 14.6. The minimum atomic E-state index is -1.60. The number of nitrogens with zero attached hydrogens (tertiary/aromatic N) is 5. The molecule has 4 rings (SSSR count). The van der Waals surface area contributed by atoms with Gasteiger partial charge in [0.15, 0.2) is 0 Å². The topological polar surface area (TPSA) is 63.9 Å². The zero-order valence-electron chi connectivity index (χ0n) is 17.1. The maximum Gasteiger partial charge on any atom is 0.259 e. The normalized spacial score (nSPS) is 14.9. The van der Waals surface area contributed by atoms with Gasteiger partial charge in [-0.1, -0.05) is 19.1 Å². The van der Waals surface area contributed by atoms with Crippen LogP contribution in [-0.2, 0) is 25.7 Å². The number of carbonyl (C=O) groups excluding carboxylic acids is 1. The molecular formula is C22H24FN5O. The van der Waals surface area contributed by atoms with Gasteiger partial charge in [-0.3, -0.25) is 9.78 Å². The van der Waals surface area contributed by atoms with Crippen LogP contribution in [0.3, 0.4) is 0 Å². The predicted octanol–water partition coefficient (Wildman–Crippen LogP) is 3.92. The van der Waals surface area contributed by atoms with Crippen molar-refractivity contribution in [3.8, 4) is 0 Å². The van der Waals surface area contributed by atoms with Crippen LogP contribution >= 0.6 is 0 Å². The van der Waals surface area contributed by atoms with E-state index in [-0.39, 0.29) is 11.8 Å². The molecule has 150 valence electrons. The van der Waals surface area contributed by atoms with E-state index in [0.29, 0.717) is 23.4 Å². The van der Waals surface area contributed by atoms with Gasteiger partial charge >= 0.3 is 0 Å². The molecule has 0 aliphatic carbocycles. The molecular weight excluding hydrogens is 369 g/mol. The van der Waals surface area contributed by atoms with Gasteiger partial charge in [0.25, 0.3) is 5.91 Å². The number of alkyl halides is 1. The summed E-state index contributed by atoms with van der Waals surface area (Å²) in [5.74, 6) is 0.999. The SMILES string of the molecule is C[C@H](Cc1nncn1C)c1cccc(N2Cc3c(ccnc3C(C)(C)F)C2=O)c1. The third kappa shape index (κ3) is 3.52. The highest BCUT2D eigenvalue weighted by atomic mass is 19.1. The number of fused-ring (bicyclic) bond motifs is 1. The number of carbonyl (C=O) groups is 1. The van der Waals surface area contributed by atoms with E-state index in [2.05, 4.69) is 28.2 Å². The van der Waals surface area contributed by atoms with Crippen LogP contribution in [-0.4, -0.2) is 25.7 Å². The molecule has 1 aliphatic heterocycles. The molecule has 0 fully saturated rings. The third-order valence-electron chi connectivity index (χ3n) is 5.46. The van der Waals surface area contributed by atoms with Gasteiger partial charge in [-0.25, -0.2) is 4.39 Å². The lowest BCUT2D eigenvalue weighted by Crippen LogP contribution is -2.23. The minimum absolute atomic E-state index is 0.119. The van der Waals surface area contributed by atoms with Crippen LogP contribution < -0.4 is 4.90 Å². The molecule has 1 aromatic carbocycles. The Morgan fingerprint density at radius 1 is 1.28 bits per heavy atom. The summed E-state index contributed by atoms with van der Waals surface area (Å²) in [7, 11) is 1.93. The summed E-state index contributed by atoms with van der Waals surface area (Å²) >= 11 is 0. The molecule has 7 heteroatoms. The number of rotatable bonds is 5. The largest absolute Gasteiger partial charge is 0.321 e. The van der Waals surface area contributed by atoms with Crippen LogP contribution in [0, 0.1) is 0 Å². The van der Waals surface area contributed by atoms with Gasteiger partial charge in [0.05, 0.1) is 12.2 Å². The molecule has 3 heterocycles. The highest BCUT2D eigenvalue weighted by Gasteiger charge is 2.35. The Kier molecular flexibility index (Phi) is 4.68. The molecule has 29 heavy (non-hydrogen) atoms. The Morgan fingerprint density at radius 3 is 2.76 bits per heavy atom. The quantitative estimate of drug-likeness (QED) is 0.659. The lowest BCUT2D eigenvalue weighted by Gasteiger charge is -2.20. The molecule has 0 N–H and O–H groups in total. The van der Waals surface area contributed by atoms with Crippen molar-refractivity contribution in [2.75, 3.05) is 4.90 Å². The van der Waals surface area contributed by atoms with Crippen LogP contribution in [0.25, 0.3) is 0 Å². The second kappa shape index (κ2) is 7.06. The molecule has 1 atom stereocenters. The summed E-state index contributed by atoms with van der Waals surface area (Å²) in [5.41, 5.74) is 1.83. The van der Waals surface area contributed by atoms with Crippen molar-refractivity contribution in [3.63, 3.8) is 0 Å². The van der Waals surface area contributed by atoms with Crippen molar-refractivity contribution in [2.24, 2.45) is 7.05 Å². The Morgan fingerprint density at radius 2 is 2.07 bits per heavy atom. The van der Waals surface area contributed by atoms with E-state index in [0.717, 1.165) is 23.5 Å². The summed E-state index contributed by atoms with van der Waals surface area (Å²) in [6, 6.07) is 9.62. The van der Waals surface area contributed by atoms with Crippen molar-refractivity contribution in [3.05, 3.63) is 71.1 Å². The molecule has 3 aromatic rings. The number of halogens is 1. The second-order valence-corrected chi connectivity index (χ2v) is 8.11. The number of anilines is 1. The summed E-state index contributed by atoms with van der Waals surface area (Å²) in [6.07, 6.45) is 3.95. The van der Waals surface area contributed by atoms with Gasteiger partial charge in [0.2, 0.25) is 0 Å². The first kappa shape index (κ1) is 19.2. The predicted molar refractivity (Wildman–Crippen MR) is 108 cm³/mol. The van der Waals surface area contributed by atoms with Crippen molar-refractivity contribution in [1.29, 1.82) is 0 Å². The number of amides is 1.